The Hall–Kier alpha value is -3.90. The molecule has 4 nitrogen and oxygen atoms in total. The van der Waals surface area contributed by atoms with Gasteiger partial charge >= 0.3 is 6.16 Å². The summed E-state index contributed by atoms with van der Waals surface area (Å²) in [6.45, 7) is 0. The van der Waals surface area contributed by atoms with Crippen LogP contribution in [0.3, 0.4) is 0 Å². The minimum atomic E-state index is -1.77. The Morgan fingerprint density at radius 1 is 0.531 bits per heavy atom. The van der Waals surface area contributed by atoms with Crippen LogP contribution in [0.25, 0.3) is 0 Å². The van der Waals surface area contributed by atoms with Crippen molar-refractivity contribution in [1.82, 2.24) is 0 Å². The lowest BCUT2D eigenvalue weighted by Gasteiger charge is -2.07. The number of hydrogen-bond acceptors (Lipinski definition) is 4. The molecule has 13 heteroatoms. The zero-order chi connectivity index (χ0) is 24.2. The van der Waals surface area contributed by atoms with E-state index in [1.807, 2.05) is 0 Å². The van der Waals surface area contributed by atoms with Gasteiger partial charge in [-0.3, -0.25) is 0 Å². The van der Waals surface area contributed by atoms with Crippen molar-refractivity contribution in [2.75, 3.05) is 0 Å². The number of ether oxygens (including phenoxy) is 2. The number of hydrogen-bond donors (Lipinski definition) is 1. The van der Waals surface area contributed by atoms with Crippen LogP contribution in [-0.4, -0.2) is 11.3 Å². The maximum atomic E-state index is 12.9. The van der Waals surface area contributed by atoms with Gasteiger partial charge < -0.3 is 14.6 Å². The first-order valence-electron chi connectivity index (χ1n) is 7.91. The molecule has 1 N–H and O–H groups in total. The number of aromatic hydroxyl groups is 1. The van der Waals surface area contributed by atoms with Crippen LogP contribution < -0.4 is 9.47 Å². The van der Waals surface area contributed by atoms with Crippen LogP contribution in [0, 0.1) is 52.4 Å². The van der Waals surface area contributed by atoms with Crippen molar-refractivity contribution in [2.24, 2.45) is 0 Å². The van der Waals surface area contributed by atoms with Crippen LogP contribution >= 0.6 is 0 Å². The highest BCUT2D eigenvalue weighted by Crippen LogP contribution is 2.22. The van der Waals surface area contributed by atoms with Gasteiger partial charge in [-0.1, -0.05) is 0 Å². The molecular weight excluding hydrogens is 463 g/mol. The topological polar surface area (TPSA) is 55.8 Å². The van der Waals surface area contributed by atoms with Crippen LogP contribution in [0.2, 0.25) is 0 Å². The highest BCUT2D eigenvalue weighted by molar-refractivity contribution is 5.67. The molecule has 0 aromatic heterocycles. The molecule has 0 heterocycles. The van der Waals surface area contributed by atoms with Gasteiger partial charge in [0.2, 0.25) is 0 Å². The zero-order valence-electron chi connectivity index (χ0n) is 15.0. The minimum Gasteiger partial charge on any atom is -0.508 e. The second-order valence-corrected chi connectivity index (χ2v) is 5.58. The number of phenols is 1. The minimum absolute atomic E-state index is 0.353. The molecule has 0 spiro atoms. The number of carbonyl (C=O) groups is 1. The lowest BCUT2D eigenvalue weighted by Crippen LogP contribution is -2.14. The molecule has 3 aromatic rings. The predicted molar refractivity (Wildman–Crippen MR) is 87.3 cm³/mol. The third-order valence-corrected chi connectivity index (χ3v) is 3.29. The van der Waals surface area contributed by atoms with Crippen molar-refractivity contribution in [3.63, 3.8) is 0 Å². The molecule has 0 radical (unpaired) electrons. The van der Waals surface area contributed by atoms with Crippen LogP contribution in [0.4, 0.5) is 44.3 Å². The standard InChI is InChI=1S/C13H4F6O3.C6H3F3O/c14-7-1-5(2-8(15)11(7)18)21-13(20)22-6-3-9(16)12(19)10(17)4-6;7-4-1-3(10)2-5(8)6(4)9/h1-4H;1-2,10H. The van der Waals surface area contributed by atoms with Crippen LogP contribution in [-0.2, 0) is 0 Å². The fraction of sp³-hybridized carbons (Fsp3) is 0. The van der Waals surface area contributed by atoms with Gasteiger partial charge in [0.1, 0.15) is 17.2 Å². The van der Waals surface area contributed by atoms with E-state index in [0.717, 1.165) is 0 Å². The lowest BCUT2D eigenvalue weighted by atomic mass is 10.3. The van der Waals surface area contributed by atoms with E-state index < -0.39 is 75.8 Å². The predicted octanol–water partition coefficient (Wildman–Crippen LogP) is 5.91. The summed E-state index contributed by atoms with van der Waals surface area (Å²) in [6.07, 6.45) is -1.63. The summed E-state index contributed by atoms with van der Waals surface area (Å²) in [7, 11) is 0. The number of benzene rings is 3. The van der Waals surface area contributed by atoms with Gasteiger partial charge in [-0.2, -0.15) is 0 Å². The summed E-state index contributed by atoms with van der Waals surface area (Å²) in [6, 6.07) is 2.41. The summed E-state index contributed by atoms with van der Waals surface area (Å²) in [4.78, 5) is 11.3. The van der Waals surface area contributed by atoms with Crippen LogP contribution in [0.1, 0.15) is 0 Å². The first-order chi connectivity index (χ1) is 14.9. The molecule has 0 unspecified atom stereocenters. The first-order valence-corrected chi connectivity index (χ1v) is 7.91. The highest BCUT2D eigenvalue weighted by Gasteiger charge is 2.17. The van der Waals surface area contributed by atoms with E-state index in [2.05, 4.69) is 9.47 Å². The largest absolute Gasteiger partial charge is 0.519 e. The Kier molecular flexibility index (Phi) is 7.57. The average Bonchev–Trinajstić information content (AvgIpc) is 2.68. The Balaban J connectivity index is 0.000000303. The van der Waals surface area contributed by atoms with Gasteiger partial charge in [0.25, 0.3) is 0 Å². The van der Waals surface area contributed by atoms with Crippen molar-refractivity contribution >= 4 is 6.16 Å². The summed E-state index contributed by atoms with van der Waals surface area (Å²) in [5.74, 6) is -16.5. The third-order valence-electron chi connectivity index (χ3n) is 3.29. The van der Waals surface area contributed by atoms with Gasteiger partial charge in [-0.25, -0.2) is 44.3 Å². The molecular formula is C19H7F9O4. The number of halogens is 9. The SMILES string of the molecule is O=C(Oc1cc(F)c(F)c(F)c1)Oc1cc(F)c(F)c(F)c1.Oc1cc(F)c(F)c(F)c1. The number of phenolic OH excluding ortho intramolecular Hbond substituents is 1. The van der Waals surface area contributed by atoms with E-state index in [0.29, 0.717) is 36.4 Å². The summed E-state index contributed by atoms with van der Waals surface area (Å²) in [5, 5.41) is 8.47. The van der Waals surface area contributed by atoms with E-state index >= 15 is 0 Å². The second kappa shape index (κ2) is 9.94. The summed E-state index contributed by atoms with van der Waals surface area (Å²) >= 11 is 0. The number of carbonyl (C=O) groups excluding carboxylic acids is 1. The normalized spacial score (nSPS) is 10.3. The quantitative estimate of drug-likeness (QED) is 0.219. The smallest absolute Gasteiger partial charge is 0.508 e. The molecule has 3 rings (SSSR count). The van der Waals surface area contributed by atoms with Gasteiger partial charge in [0.05, 0.1) is 0 Å². The van der Waals surface area contributed by atoms with Crippen LogP contribution in [0.15, 0.2) is 36.4 Å². The van der Waals surface area contributed by atoms with Gasteiger partial charge in [0.15, 0.2) is 52.4 Å². The molecule has 32 heavy (non-hydrogen) atoms. The molecule has 0 amide bonds. The average molecular weight is 470 g/mol. The van der Waals surface area contributed by atoms with Crippen molar-refractivity contribution in [2.45, 2.75) is 0 Å². The Bertz CT molecular complexity index is 1040. The van der Waals surface area contributed by atoms with E-state index in [-0.39, 0.29) is 0 Å². The Morgan fingerprint density at radius 3 is 1.06 bits per heavy atom. The Labute approximate surface area is 172 Å². The molecule has 0 bridgehead atoms. The maximum Gasteiger partial charge on any atom is 0.519 e. The first kappa shape index (κ1) is 24.4. The zero-order valence-corrected chi connectivity index (χ0v) is 15.0. The van der Waals surface area contributed by atoms with E-state index in [1.165, 1.54) is 0 Å². The van der Waals surface area contributed by atoms with E-state index in [4.69, 9.17) is 5.11 Å². The van der Waals surface area contributed by atoms with Gasteiger partial charge in [-0.15, -0.1) is 0 Å². The molecule has 0 aliphatic rings. The van der Waals surface area contributed by atoms with E-state index in [9.17, 15) is 44.3 Å². The summed E-state index contributed by atoms with van der Waals surface area (Å²) < 4.78 is 122. The van der Waals surface area contributed by atoms with Crippen LogP contribution in [0.5, 0.6) is 17.2 Å². The van der Waals surface area contributed by atoms with Gasteiger partial charge in [-0.05, 0) is 0 Å². The van der Waals surface area contributed by atoms with E-state index in [1.54, 1.807) is 0 Å². The molecule has 0 saturated heterocycles. The molecule has 0 aliphatic heterocycles. The third kappa shape index (κ3) is 6.06. The fourth-order valence-electron chi connectivity index (χ4n) is 1.94. The molecule has 0 atom stereocenters. The second-order valence-electron chi connectivity index (χ2n) is 5.58. The fourth-order valence-corrected chi connectivity index (χ4v) is 1.94. The summed E-state index contributed by atoms with van der Waals surface area (Å²) in [5.41, 5.74) is 0. The lowest BCUT2D eigenvalue weighted by molar-refractivity contribution is 0.151. The van der Waals surface area contributed by atoms with Crippen molar-refractivity contribution < 1.29 is 58.9 Å². The maximum absolute atomic E-state index is 12.9. The van der Waals surface area contributed by atoms with Crippen molar-refractivity contribution in [3.05, 3.63) is 88.8 Å². The highest BCUT2D eigenvalue weighted by atomic mass is 19.2. The molecule has 3 aromatic carbocycles. The molecule has 0 saturated carbocycles. The molecule has 0 fully saturated rings. The molecule has 170 valence electrons. The van der Waals surface area contributed by atoms with Gasteiger partial charge in [0, 0.05) is 36.4 Å². The van der Waals surface area contributed by atoms with Crippen molar-refractivity contribution in [1.29, 1.82) is 0 Å². The monoisotopic (exact) mass is 470 g/mol. The van der Waals surface area contributed by atoms with Crippen molar-refractivity contribution in [3.8, 4) is 17.2 Å². The number of rotatable bonds is 2. The molecule has 0 aliphatic carbocycles. The Morgan fingerprint density at radius 2 is 0.781 bits per heavy atom.